The van der Waals surface area contributed by atoms with Crippen LogP contribution in [-0.2, 0) is 0 Å². The van der Waals surface area contributed by atoms with Gasteiger partial charge in [-0.1, -0.05) is 93.2 Å². The van der Waals surface area contributed by atoms with Gasteiger partial charge in [0.25, 0.3) is 0 Å². The molecule has 0 fully saturated rings. The fourth-order valence-electron chi connectivity index (χ4n) is 0.922. The Labute approximate surface area is 117 Å². The minimum atomic E-state index is 0.171. The van der Waals surface area contributed by atoms with E-state index in [1.165, 1.54) is 5.57 Å². The molecule has 0 aromatic heterocycles. The lowest BCUT2D eigenvalue weighted by atomic mass is 9.75. The van der Waals surface area contributed by atoms with E-state index >= 15 is 0 Å². The molecule has 0 aliphatic carbocycles. The van der Waals surface area contributed by atoms with E-state index in [0.717, 1.165) is 12.0 Å². The molecule has 0 nitrogen and oxygen atoms in total. The van der Waals surface area contributed by atoms with Gasteiger partial charge in [0.1, 0.15) is 0 Å². The number of hydrogen-bond acceptors (Lipinski definition) is 0. The molecular formula is C18H36. The van der Waals surface area contributed by atoms with Crippen molar-refractivity contribution in [3.05, 3.63) is 36.5 Å². The highest BCUT2D eigenvalue weighted by Gasteiger charge is 2.23. The monoisotopic (exact) mass is 252 g/mol. The Balaban J connectivity index is -0.000000506. The Morgan fingerprint density at radius 3 is 1.67 bits per heavy atom. The zero-order valence-corrected chi connectivity index (χ0v) is 14.4. The van der Waals surface area contributed by atoms with E-state index in [0.29, 0.717) is 5.92 Å². The molecule has 18 heavy (non-hydrogen) atoms. The van der Waals surface area contributed by atoms with Crippen LogP contribution in [0.25, 0.3) is 0 Å². The van der Waals surface area contributed by atoms with Gasteiger partial charge in [0.05, 0.1) is 0 Å². The van der Waals surface area contributed by atoms with Crippen molar-refractivity contribution < 1.29 is 0 Å². The van der Waals surface area contributed by atoms with Crippen LogP contribution in [0.15, 0.2) is 36.5 Å². The topological polar surface area (TPSA) is 0 Å². The second kappa shape index (κ2) is 12.7. The predicted octanol–water partition coefficient (Wildman–Crippen LogP) is 6.80. The smallest absolute Gasteiger partial charge is 0.00864 e. The summed E-state index contributed by atoms with van der Waals surface area (Å²) in [6.07, 6.45) is 5.18. The molecule has 0 aliphatic rings. The van der Waals surface area contributed by atoms with Crippen molar-refractivity contribution in [2.45, 2.75) is 68.7 Å². The van der Waals surface area contributed by atoms with Gasteiger partial charge in [0.15, 0.2) is 0 Å². The zero-order valence-electron chi connectivity index (χ0n) is 14.4. The summed E-state index contributed by atoms with van der Waals surface area (Å²) in [6, 6.07) is 0. The third-order valence-electron chi connectivity index (χ3n) is 3.25. The molecule has 0 aromatic rings. The molecule has 108 valence electrons. The molecule has 0 heterocycles. The first-order valence-electron chi connectivity index (χ1n) is 7.37. The third-order valence-corrected chi connectivity index (χ3v) is 3.25. The molecule has 0 radical (unpaired) electrons. The molecule has 0 unspecified atom stereocenters. The van der Waals surface area contributed by atoms with Crippen molar-refractivity contribution in [1.29, 1.82) is 0 Å². The Morgan fingerprint density at radius 2 is 1.39 bits per heavy atom. The van der Waals surface area contributed by atoms with Gasteiger partial charge in [-0.3, -0.25) is 0 Å². The molecule has 0 bridgehead atoms. The zero-order chi connectivity index (χ0) is 15.4. The Morgan fingerprint density at radius 1 is 1.00 bits per heavy atom. The van der Waals surface area contributed by atoms with Crippen LogP contribution >= 0.6 is 0 Å². The largest absolute Gasteiger partial charge is 0.0958 e. The Hall–Kier alpha value is -0.780. The van der Waals surface area contributed by atoms with Crippen LogP contribution in [0, 0.1) is 11.3 Å². The molecule has 0 saturated carbocycles. The van der Waals surface area contributed by atoms with Gasteiger partial charge in [0.2, 0.25) is 0 Å². The third kappa shape index (κ3) is 9.27. The van der Waals surface area contributed by atoms with E-state index in [2.05, 4.69) is 59.9 Å². The minimum absolute atomic E-state index is 0.171. The first kappa shape index (κ1) is 22.4. The van der Waals surface area contributed by atoms with Crippen LogP contribution in [0.4, 0.5) is 0 Å². The van der Waals surface area contributed by atoms with Crippen molar-refractivity contribution in [2.24, 2.45) is 11.3 Å². The minimum Gasteiger partial charge on any atom is -0.0958 e. The highest BCUT2D eigenvalue weighted by Crippen LogP contribution is 2.34. The molecule has 0 spiro atoms. The van der Waals surface area contributed by atoms with Crippen LogP contribution in [-0.4, -0.2) is 0 Å². The second-order valence-electron chi connectivity index (χ2n) is 4.75. The molecule has 0 heteroatoms. The van der Waals surface area contributed by atoms with Crippen LogP contribution in [0.1, 0.15) is 68.7 Å². The average Bonchev–Trinajstić information content (AvgIpc) is 2.39. The molecule has 0 amide bonds. The van der Waals surface area contributed by atoms with Gasteiger partial charge in [-0.25, -0.2) is 0 Å². The summed E-state index contributed by atoms with van der Waals surface area (Å²) >= 11 is 0. The summed E-state index contributed by atoms with van der Waals surface area (Å²) in [5.74, 6) is 0.606. The predicted molar refractivity (Wildman–Crippen MR) is 89.0 cm³/mol. The number of allylic oxidation sites excluding steroid dienone is 4. The van der Waals surface area contributed by atoms with E-state index in [1.54, 1.807) is 0 Å². The summed E-state index contributed by atoms with van der Waals surface area (Å²) in [4.78, 5) is 0. The first-order valence-corrected chi connectivity index (χ1v) is 7.37. The van der Waals surface area contributed by atoms with Crippen molar-refractivity contribution in [3.63, 3.8) is 0 Å². The van der Waals surface area contributed by atoms with Crippen LogP contribution in [0.5, 0.6) is 0 Å². The van der Waals surface area contributed by atoms with Gasteiger partial charge >= 0.3 is 0 Å². The summed E-state index contributed by atoms with van der Waals surface area (Å²) in [5.41, 5.74) is 2.51. The number of rotatable bonds is 5. The Kier molecular flexibility index (Phi) is 15.8. The maximum absolute atomic E-state index is 4.13. The summed E-state index contributed by atoms with van der Waals surface area (Å²) < 4.78 is 0. The van der Waals surface area contributed by atoms with Crippen molar-refractivity contribution in [3.8, 4) is 0 Å². The van der Waals surface area contributed by atoms with Crippen molar-refractivity contribution in [2.75, 3.05) is 0 Å². The molecule has 0 aromatic carbocycles. The maximum Gasteiger partial charge on any atom is -0.00864 e. The van der Waals surface area contributed by atoms with Gasteiger partial charge < -0.3 is 0 Å². The standard InChI is InChI=1S/C14H24.2C2H6/c1-8-12(4)9-10-13(5)14(6,7)11(2)3;2*1-2/h9-11H,4-5,8H2,1-3,6-7H3;2*1-2H3/b10-9-;;. The quantitative estimate of drug-likeness (QED) is 0.472. The maximum atomic E-state index is 4.13. The van der Waals surface area contributed by atoms with Crippen LogP contribution in [0.3, 0.4) is 0 Å². The fraction of sp³-hybridized carbons (Fsp3) is 0.667. The normalized spacial score (nSPS) is 10.3. The van der Waals surface area contributed by atoms with Crippen LogP contribution in [0.2, 0.25) is 0 Å². The Bertz CT molecular complexity index is 239. The van der Waals surface area contributed by atoms with Gasteiger partial charge in [-0.05, 0) is 23.3 Å². The molecule has 0 N–H and O–H groups in total. The van der Waals surface area contributed by atoms with E-state index in [1.807, 2.05) is 27.7 Å². The van der Waals surface area contributed by atoms with E-state index in [4.69, 9.17) is 0 Å². The molecule has 0 rings (SSSR count). The molecular weight excluding hydrogens is 216 g/mol. The van der Waals surface area contributed by atoms with E-state index in [9.17, 15) is 0 Å². The summed E-state index contributed by atoms with van der Waals surface area (Å²) in [7, 11) is 0. The fourth-order valence-corrected chi connectivity index (χ4v) is 0.922. The highest BCUT2D eigenvalue weighted by atomic mass is 14.3. The highest BCUT2D eigenvalue weighted by molar-refractivity contribution is 5.28. The van der Waals surface area contributed by atoms with Crippen LogP contribution < -0.4 is 0 Å². The average molecular weight is 252 g/mol. The summed E-state index contributed by atoms with van der Waals surface area (Å²) in [5, 5.41) is 0. The molecule has 0 atom stereocenters. The molecule has 0 aliphatic heterocycles. The van der Waals surface area contributed by atoms with E-state index < -0.39 is 0 Å². The second-order valence-corrected chi connectivity index (χ2v) is 4.75. The first-order chi connectivity index (χ1) is 8.32. The van der Waals surface area contributed by atoms with Crippen molar-refractivity contribution in [1.82, 2.24) is 0 Å². The lowest BCUT2D eigenvalue weighted by Crippen LogP contribution is -2.20. The lowest BCUT2D eigenvalue weighted by Gasteiger charge is -2.30. The lowest BCUT2D eigenvalue weighted by molar-refractivity contribution is 0.318. The SMILES string of the molecule is C=C(/C=C\C(=C)C(C)(C)C(C)C)CC.CC.CC. The van der Waals surface area contributed by atoms with Gasteiger partial charge in [0, 0.05) is 0 Å². The number of hydrogen-bond donors (Lipinski definition) is 0. The van der Waals surface area contributed by atoms with Gasteiger partial charge in [-0.2, -0.15) is 0 Å². The summed E-state index contributed by atoms with van der Waals surface area (Å²) in [6.45, 7) is 27.1. The van der Waals surface area contributed by atoms with E-state index in [-0.39, 0.29) is 5.41 Å². The molecule has 0 saturated heterocycles. The van der Waals surface area contributed by atoms with Crippen molar-refractivity contribution >= 4 is 0 Å². The van der Waals surface area contributed by atoms with Gasteiger partial charge in [-0.15, -0.1) is 0 Å².